The molecule has 0 radical (unpaired) electrons. The molecule has 29 heavy (non-hydrogen) atoms. The number of aromatic nitrogens is 3. The normalized spacial score (nSPS) is 11.7. The third-order valence-corrected chi connectivity index (χ3v) is 6.11. The molecule has 7 heteroatoms. The highest BCUT2D eigenvalue weighted by Crippen LogP contribution is 2.23. The van der Waals surface area contributed by atoms with Crippen molar-refractivity contribution in [2.45, 2.75) is 25.8 Å². The van der Waals surface area contributed by atoms with Crippen molar-refractivity contribution in [2.75, 3.05) is 20.6 Å². The van der Waals surface area contributed by atoms with E-state index in [9.17, 15) is 9.90 Å². The number of thiophene rings is 1. The number of hydrogen-bond acceptors (Lipinski definition) is 4. The van der Waals surface area contributed by atoms with Gasteiger partial charge in [0.05, 0.1) is 12.2 Å². The van der Waals surface area contributed by atoms with Gasteiger partial charge >= 0.3 is 5.69 Å². The van der Waals surface area contributed by atoms with Crippen LogP contribution < -0.4 is 5.69 Å². The molecule has 3 heterocycles. The third-order valence-electron chi connectivity index (χ3n) is 5.25. The fourth-order valence-electron chi connectivity index (χ4n) is 3.59. The van der Waals surface area contributed by atoms with Gasteiger partial charge in [0.1, 0.15) is 0 Å². The number of H-pyrrole nitrogens is 2. The Morgan fingerprint density at radius 1 is 1.17 bits per heavy atom. The molecule has 0 amide bonds. The van der Waals surface area contributed by atoms with Gasteiger partial charge in [0.15, 0.2) is 0 Å². The SMILES string of the molecule is CN(C)CCc1c[nH]c2ccc(CCc3[nH]c(=O)n(Cc4cccs4)c3O)cc12. The highest BCUT2D eigenvalue weighted by Gasteiger charge is 2.14. The number of rotatable bonds is 8. The van der Waals surface area contributed by atoms with Crippen LogP contribution in [0.25, 0.3) is 10.9 Å². The molecule has 0 aliphatic heterocycles. The van der Waals surface area contributed by atoms with Crippen LogP contribution >= 0.6 is 11.3 Å². The molecule has 4 aromatic rings. The Bertz CT molecular complexity index is 1150. The second-order valence-corrected chi connectivity index (χ2v) is 8.68. The lowest BCUT2D eigenvalue weighted by Gasteiger charge is -2.08. The number of nitrogens with one attached hydrogen (secondary N) is 2. The molecule has 4 rings (SSSR count). The van der Waals surface area contributed by atoms with Crippen LogP contribution in [0, 0.1) is 0 Å². The largest absolute Gasteiger partial charge is 0.493 e. The molecular formula is C22H26N4O2S. The first kappa shape index (κ1) is 19.5. The predicted molar refractivity (Wildman–Crippen MR) is 118 cm³/mol. The van der Waals surface area contributed by atoms with E-state index >= 15 is 0 Å². The standard InChI is InChI=1S/C22H26N4O2S/c1-25(2)10-9-16-13-23-19-7-5-15(12-18(16)19)6-8-20-21(27)26(22(28)24-20)14-17-4-3-11-29-17/h3-5,7,11-13,23,27H,6,8-10,14H2,1-2H3,(H,24,28). The van der Waals surface area contributed by atoms with Crippen molar-refractivity contribution in [3.8, 4) is 5.88 Å². The summed E-state index contributed by atoms with van der Waals surface area (Å²) >= 11 is 1.57. The van der Waals surface area contributed by atoms with Gasteiger partial charge in [0, 0.05) is 28.5 Å². The van der Waals surface area contributed by atoms with Gasteiger partial charge in [-0.05, 0) is 68.1 Å². The first-order valence-electron chi connectivity index (χ1n) is 9.78. The van der Waals surface area contributed by atoms with E-state index in [4.69, 9.17) is 0 Å². The van der Waals surface area contributed by atoms with Crippen molar-refractivity contribution in [3.63, 3.8) is 0 Å². The molecule has 0 saturated carbocycles. The van der Waals surface area contributed by atoms with Crippen LogP contribution in [0.3, 0.4) is 0 Å². The monoisotopic (exact) mass is 410 g/mol. The number of hydrogen-bond donors (Lipinski definition) is 3. The summed E-state index contributed by atoms with van der Waals surface area (Å²) in [6.45, 7) is 1.40. The van der Waals surface area contributed by atoms with E-state index in [2.05, 4.69) is 53.4 Å². The van der Waals surface area contributed by atoms with Crippen molar-refractivity contribution in [2.24, 2.45) is 0 Å². The Balaban J connectivity index is 1.49. The summed E-state index contributed by atoms with van der Waals surface area (Å²) in [4.78, 5) is 21.6. The smallest absolute Gasteiger partial charge is 0.328 e. The highest BCUT2D eigenvalue weighted by atomic mass is 32.1. The molecule has 0 saturated heterocycles. The Hall–Kier alpha value is -2.77. The zero-order valence-corrected chi connectivity index (χ0v) is 17.6. The van der Waals surface area contributed by atoms with Crippen LogP contribution in [0.15, 0.2) is 46.7 Å². The second kappa shape index (κ2) is 8.31. The molecule has 3 aromatic heterocycles. The van der Waals surface area contributed by atoms with E-state index in [0.29, 0.717) is 18.7 Å². The lowest BCUT2D eigenvalue weighted by molar-refractivity contribution is 0.414. The zero-order valence-electron chi connectivity index (χ0n) is 16.7. The minimum absolute atomic E-state index is 0.0396. The van der Waals surface area contributed by atoms with Gasteiger partial charge in [0.25, 0.3) is 0 Å². The molecule has 0 bridgehead atoms. The number of nitrogens with zero attached hydrogens (tertiary/aromatic N) is 2. The van der Waals surface area contributed by atoms with Crippen molar-refractivity contribution in [1.29, 1.82) is 0 Å². The van der Waals surface area contributed by atoms with Gasteiger partial charge in [-0.1, -0.05) is 12.1 Å². The summed E-state index contributed by atoms with van der Waals surface area (Å²) in [5.74, 6) is 0.0396. The molecular weight excluding hydrogens is 384 g/mol. The first-order valence-corrected chi connectivity index (χ1v) is 10.7. The summed E-state index contributed by atoms with van der Waals surface area (Å²) < 4.78 is 1.40. The van der Waals surface area contributed by atoms with Crippen LogP contribution in [0.2, 0.25) is 0 Å². The van der Waals surface area contributed by atoms with E-state index in [-0.39, 0.29) is 11.6 Å². The van der Waals surface area contributed by atoms with E-state index < -0.39 is 0 Å². The Labute approximate surface area is 173 Å². The lowest BCUT2D eigenvalue weighted by Crippen LogP contribution is -2.16. The quantitative estimate of drug-likeness (QED) is 0.417. The fraction of sp³-hybridized carbons (Fsp3) is 0.318. The van der Waals surface area contributed by atoms with Crippen molar-refractivity contribution in [1.82, 2.24) is 19.4 Å². The zero-order chi connectivity index (χ0) is 20.4. The van der Waals surface area contributed by atoms with Crippen LogP contribution in [0.4, 0.5) is 0 Å². The molecule has 0 unspecified atom stereocenters. The number of aryl methyl sites for hydroxylation is 2. The summed E-state index contributed by atoms with van der Waals surface area (Å²) in [6.07, 6.45) is 4.42. The van der Waals surface area contributed by atoms with Crippen molar-refractivity contribution < 1.29 is 5.11 Å². The van der Waals surface area contributed by atoms with E-state index in [0.717, 1.165) is 29.8 Å². The Kier molecular flexibility index (Phi) is 5.60. The van der Waals surface area contributed by atoms with Crippen LogP contribution in [0.5, 0.6) is 5.88 Å². The number of benzene rings is 1. The number of likely N-dealkylation sites (N-methyl/N-ethyl adjacent to an activating group) is 1. The summed E-state index contributed by atoms with van der Waals surface area (Å²) in [5.41, 5.74) is 3.97. The van der Waals surface area contributed by atoms with Crippen LogP contribution in [-0.2, 0) is 25.8 Å². The summed E-state index contributed by atoms with van der Waals surface area (Å²) in [5, 5.41) is 13.7. The van der Waals surface area contributed by atoms with Gasteiger partial charge in [-0.25, -0.2) is 4.79 Å². The van der Waals surface area contributed by atoms with Gasteiger partial charge in [-0.15, -0.1) is 11.3 Å². The maximum Gasteiger partial charge on any atom is 0.328 e. The minimum Gasteiger partial charge on any atom is -0.493 e. The third kappa shape index (κ3) is 4.31. The van der Waals surface area contributed by atoms with Crippen molar-refractivity contribution >= 4 is 22.2 Å². The molecule has 0 fully saturated rings. The average molecular weight is 411 g/mol. The lowest BCUT2D eigenvalue weighted by atomic mass is 10.0. The molecule has 1 aromatic carbocycles. The molecule has 0 spiro atoms. The molecule has 6 nitrogen and oxygen atoms in total. The maximum absolute atomic E-state index is 12.3. The fourth-order valence-corrected chi connectivity index (χ4v) is 4.28. The maximum atomic E-state index is 12.3. The van der Waals surface area contributed by atoms with E-state index in [1.54, 1.807) is 11.3 Å². The van der Waals surface area contributed by atoms with Crippen LogP contribution in [-0.4, -0.2) is 45.2 Å². The van der Waals surface area contributed by atoms with Gasteiger partial charge in [-0.2, -0.15) is 0 Å². The molecule has 0 atom stereocenters. The molecule has 152 valence electrons. The highest BCUT2D eigenvalue weighted by molar-refractivity contribution is 7.09. The number of fused-ring (bicyclic) bond motifs is 1. The second-order valence-electron chi connectivity index (χ2n) is 7.64. The van der Waals surface area contributed by atoms with E-state index in [1.165, 1.54) is 21.1 Å². The molecule has 0 aliphatic rings. The Morgan fingerprint density at radius 2 is 2.03 bits per heavy atom. The molecule has 0 aliphatic carbocycles. The Morgan fingerprint density at radius 3 is 2.79 bits per heavy atom. The average Bonchev–Trinajstić information content (AvgIpc) is 3.41. The van der Waals surface area contributed by atoms with Gasteiger partial charge in [0.2, 0.25) is 5.88 Å². The topological polar surface area (TPSA) is 77.0 Å². The predicted octanol–water partition coefficient (Wildman–Crippen LogP) is 3.36. The number of aromatic amines is 2. The van der Waals surface area contributed by atoms with Crippen LogP contribution in [0.1, 0.15) is 21.7 Å². The van der Waals surface area contributed by atoms with E-state index in [1.807, 2.05) is 17.5 Å². The molecule has 3 N–H and O–H groups in total. The number of aromatic hydroxyl groups is 1. The minimum atomic E-state index is -0.266. The number of imidazole rings is 1. The first-order chi connectivity index (χ1) is 14.0. The summed E-state index contributed by atoms with van der Waals surface area (Å²) in [7, 11) is 4.16. The van der Waals surface area contributed by atoms with Crippen molar-refractivity contribution in [3.05, 3.63) is 74.1 Å². The summed E-state index contributed by atoms with van der Waals surface area (Å²) in [6, 6.07) is 10.3. The van der Waals surface area contributed by atoms with Gasteiger partial charge in [-0.3, -0.25) is 4.57 Å². The van der Waals surface area contributed by atoms with Gasteiger partial charge < -0.3 is 20.0 Å².